The molecule has 0 aromatic heterocycles. The maximum absolute atomic E-state index is 11.6. The molecule has 6 nitrogen and oxygen atoms in total. The molecule has 0 spiro atoms. The van der Waals surface area contributed by atoms with E-state index < -0.39 is 24.5 Å². The van der Waals surface area contributed by atoms with Crippen molar-refractivity contribution >= 4 is 33.7 Å². The molecule has 0 aliphatic carbocycles. The molecule has 0 saturated carbocycles. The number of alkyl halides is 1. The van der Waals surface area contributed by atoms with Crippen LogP contribution in [0.3, 0.4) is 0 Å². The Morgan fingerprint density at radius 2 is 1.88 bits per heavy atom. The summed E-state index contributed by atoms with van der Waals surface area (Å²) in [6.07, 6.45) is 0.462. The predicted molar refractivity (Wildman–Crippen MR) is 65.8 cm³/mol. The number of carboxylic acids is 1. The fourth-order valence-electron chi connectivity index (χ4n) is 1.22. The third-order valence-corrected chi connectivity index (χ3v) is 2.40. The summed E-state index contributed by atoms with van der Waals surface area (Å²) in [7, 11) is 0. The van der Waals surface area contributed by atoms with Crippen LogP contribution in [0.2, 0.25) is 0 Å². The quantitative estimate of drug-likeness (QED) is 0.582. The number of hydrogen-bond acceptors (Lipinski definition) is 3. The van der Waals surface area contributed by atoms with E-state index in [1.54, 1.807) is 0 Å². The molecule has 0 aliphatic rings. The number of aliphatic carboxylic acids is 1. The van der Waals surface area contributed by atoms with Crippen molar-refractivity contribution in [2.24, 2.45) is 5.92 Å². The highest BCUT2D eigenvalue weighted by atomic mass is 79.9. The molecule has 0 rings (SSSR count). The molecule has 17 heavy (non-hydrogen) atoms. The third kappa shape index (κ3) is 7.73. The van der Waals surface area contributed by atoms with Crippen LogP contribution in [0.15, 0.2) is 0 Å². The lowest BCUT2D eigenvalue weighted by molar-refractivity contribution is -0.138. The molecule has 0 aliphatic heterocycles. The highest BCUT2D eigenvalue weighted by molar-refractivity contribution is 9.09. The summed E-state index contributed by atoms with van der Waals surface area (Å²) in [6, 6.07) is -0.695. The van der Waals surface area contributed by atoms with Gasteiger partial charge in [-0.05, 0) is 12.3 Å². The maximum atomic E-state index is 11.6. The van der Waals surface area contributed by atoms with E-state index in [0.717, 1.165) is 0 Å². The van der Waals surface area contributed by atoms with Gasteiger partial charge in [-0.2, -0.15) is 0 Å². The topological polar surface area (TPSA) is 95.5 Å². The summed E-state index contributed by atoms with van der Waals surface area (Å²) in [5, 5.41) is 13.3. The fraction of sp³-hybridized carbons (Fsp3) is 0.700. The van der Waals surface area contributed by atoms with Gasteiger partial charge in [-0.25, -0.2) is 0 Å². The van der Waals surface area contributed by atoms with Gasteiger partial charge in [-0.15, -0.1) is 0 Å². The first-order chi connectivity index (χ1) is 7.86. The summed E-state index contributed by atoms with van der Waals surface area (Å²) in [4.78, 5) is 33.1. The van der Waals surface area contributed by atoms with Gasteiger partial charge in [0.25, 0.3) is 0 Å². The average Bonchev–Trinajstić information content (AvgIpc) is 2.23. The summed E-state index contributed by atoms with van der Waals surface area (Å²) >= 11 is 2.98. The Labute approximate surface area is 108 Å². The van der Waals surface area contributed by atoms with Crippen LogP contribution in [-0.4, -0.2) is 40.8 Å². The minimum atomic E-state index is -1.12. The molecule has 7 heteroatoms. The first kappa shape index (κ1) is 15.9. The molecule has 0 aromatic carbocycles. The highest BCUT2D eigenvalue weighted by Gasteiger charge is 2.21. The largest absolute Gasteiger partial charge is 0.480 e. The molecule has 0 radical (unpaired) electrons. The predicted octanol–water partition coefficient (Wildman–Crippen LogP) is 0.113. The zero-order valence-corrected chi connectivity index (χ0v) is 11.4. The minimum absolute atomic E-state index is 0.105. The summed E-state index contributed by atoms with van der Waals surface area (Å²) in [5.41, 5.74) is 0. The van der Waals surface area contributed by atoms with Crippen LogP contribution in [0.25, 0.3) is 0 Å². The molecule has 1 atom stereocenters. The molecule has 0 aromatic rings. The molecule has 2 amide bonds. The summed E-state index contributed by atoms with van der Waals surface area (Å²) in [5.74, 6) is -1.68. The Kier molecular flexibility index (Phi) is 7.53. The number of carbonyl (C=O) groups is 3. The van der Waals surface area contributed by atoms with Gasteiger partial charge in [-0.1, -0.05) is 29.8 Å². The molecule has 0 fully saturated rings. The number of amides is 2. The van der Waals surface area contributed by atoms with Gasteiger partial charge in [0, 0.05) is 0 Å². The van der Waals surface area contributed by atoms with Crippen molar-refractivity contribution in [3.8, 4) is 0 Å². The molecular weight excluding hydrogens is 292 g/mol. The van der Waals surface area contributed by atoms with Crippen LogP contribution in [-0.2, 0) is 14.4 Å². The van der Waals surface area contributed by atoms with Gasteiger partial charge in [-0.3, -0.25) is 14.4 Å². The summed E-state index contributed by atoms with van der Waals surface area (Å²) in [6.45, 7) is 3.38. The Bertz CT molecular complexity index is 294. The molecule has 98 valence electrons. The lowest BCUT2D eigenvalue weighted by Crippen LogP contribution is -2.48. The van der Waals surface area contributed by atoms with E-state index in [-0.39, 0.29) is 17.2 Å². The SMILES string of the molecule is CC(C)C[C@H](NC(=O)CBr)C(=O)NCC(=O)O. The van der Waals surface area contributed by atoms with Crippen molar-refractivity contribution in [1.82, 2.24) is 10.6 Å². The zero-order valence-electron chi connectivity index (χ0n) is 9.83. The Morgan fingerprint density at radius 3 is 2.29 bits per heavy atom. The lowest BCUT2D eigenvalue weighted by atomic mass is 10.0. The lowest BCUT2D eigenvalue weighted by Gasteiger charge is -2.19. The van der Waals surface area contributed by atoms with Crippen molar-refractivity contribution < 1.29 is 19.5 Å². The van der Waals surface area contributed by atoms with Gasteiger partial charge in [0.15, 0.2) is 0 Å². The van der Waals surface area contributed by atoms with E-state index in [1.165, 1.54) is 0 Å². The van der Waals surface area contributed by atoms with Gasteiger partial charge in [0.2, 0.25) is 11.8 Å². The van der Waals surface area contributed by atoms with Crippen molar-refractivity contribution in [1.29, 1.82) is 0 Å². The number of rotatable bonds is 7. The van der Waals surface area contributed by atoms with Crippen molar-refractivity contribution in [2.45, 2.75) is 26.3 Å². The van der Waals surface area contributed by atoms with Gasteiger partial charge >= 0.3 is 5.97 Å². The van der Waals surface area contributed by atoms with Gasteiger partial charge in [0.05, 0.1) is 5.33 Å². The molecule has 0 bridgehead atoms. The number of carbonyl (C=O) groups excluding carboxylic acids is 2. The number of halogens is 1. The molecule has 0 unspecified atom stereocenters. The second-order valence-electron chi connectivity index (χ2n) is 3.99. The minimum Gasteiger partial charge on any atom is -0.480 e. The van der Waals surface area contributed by atoms with Crippen molar-refractivity contribution in [2.75, 3.05) is 11.9 Å². The van der Waals surface area contributed by atoms with E-state index in [4.69, 9.17) is 5.11 Å². The Morgan fingerprint density at radius 1 is 1.29 bits per heavy atom. The summed E-state index contributed by atoms with van der Waals surface area (Å²) < 4.78 is 0. The monoisotopic (exact) mass is 308 g/mol. The first-order valence-corrected chi connectivity index (χ1v) is 6.33. The molecule has 0 saturated heterocycles. The number of hydrogen-bond donors (Lipinski definition) is 3. The number of carboxylic acid groups (broad SMARTS) is 1. The van der Waals surface area contributed by atoms with Crippen molar-refractivity contribution in [3.63, 3.8) is 0 Å². The second-order valence-corrected chi connectivity index (χ2v) is 4.56. The van der Waals surface area contributed by atoms with Crippen LogP contribution >= 0.6 is 15.9 Å². The zero-order chi connectivity index (χ0) is 13.4. The van der Waals surface area contributed by atoms with Gasteiger partial charge in [0.1, 0.15) is 12.6 Å². The van der Waals surface area contributed by atoms with E-state index in [9.17, 15) is 14.4 Å². The smallest absolute Gasteiger partial charge is 0.322 e. The van der Waals surface area contributed by atoms with E-state index in [0.29, 0.717) is 6.42 Å². The van der Waals surface area contributed by atoms with Crippen LogP contribution in [0.5, 0.6) is 0 Å². The average molecular weight is 309 g/mol. The normalized spacial score (nSPS) is 12.0. The fourth-order valence-corrected chi connectivity index (χ4v) is 1.38. The van der Waals surface area contributed by atoms with E-state index in [2.05, 4.69) is 26.6 Å². The van der Waals surface area contributed by atoms with E-state index >= 15 is 0 Å². The van der Waals surface area contributed by atoms with Crippen LogP contribution in [0.4, 0.5) is 0 Å². The van der Waals surface area contributed by atoms with E-state index in [1.807, 2.05) is 13.8 Å². The Hall–Kier alpha value is -1.11. The molecular formula is C10H17BrN2O4. The van der Waals surface area contributed by atoms with Crippen LogP contribution in [0, 0.1) is 5.92 Å². The maximum Gasteiger partial charge on any atom is 0.322 e. The van der Waals surface area contributed by atoms with Crippen LogP contribution < -0.4 is 10.6 Å². The molecule has 0 heterocycles. The highest BCUT2D eigenvalue weighted by Crippen LogP contribution is 2.05. The third-order valence-electron chi connectivity index (χ3n) is 1.89. The van der Waals surface area contributed by atoms with Gasteiger partial charge < -0.3 is 15.7 Å². The van der Waals surface area contributed by atoms with Crippen molar-refractivity contribution in [3.05, 3.63) is 0 Å². The number of nitrogens with one attached hydrogen (secondary N) is 2. The Balaban J connectivity index is 4.39. The first-order valence-electron chi connectivity index (χ1n) is 5.21. The second kappa shape index (κ2) is 8.05. The van der Waals surface area contributed by atoms with Crippen LogP contribution in [0.1, 0.15) is 20.3 Å². The molecule has 3 N–H and O–H groups in total. The standard InChI is InChI=1S/C10H17BrN2O4/c1-6(2)3-7(13-8(14)4-11)10(17)12-5-9(15)16/h6-7H,3-5H2,1-2H3,(H,12,17)(H,13,14)(H,15,16)/t7-/m0/s1.